The van der Waals surface area contributed by atoms with Crippen molar-refractivity contribution in [2.75, 3.05) is 0 Å². The average Bonchev–Trinajstić information content (AvgIpc) is 2.42. The molecule has 3 heteroatoms. The Bertz CT molecular complexity index is 396. The second-order valence-corrected chi connectivity index (χ2v) is 5.76. The molecule has 104 valence electrons. The van der Waals surface area contributed by atoms with E-state index in [2.05, 4.69) is 12.2 Å². The molecule has 1 aliphatic carbocycles. The summed E-state index contributed by atoms with van der Waals surface area (Å²) >= 11 is 0. The van der Waals surface area contributed by atoms with Crippen molar-refractivity contribution in [1.29, 1.82) is 0 Å². The van der Waals surface area contributed by atoms with Crippen LogP contribution in [0, 0.1) is 5.92 Å². The van der Waals surface area contributed by atoms with E-state index in [-0.39, 0.29) is 5.91 Å². The predicted octanol–water partition coefficient (Wildman–Crippen LogP) is 2.25. The van der Waals surface area contributed by atoms with E-state index in [1.165, 1.54) is 12.8 Å². The highest BCUT2D eigenvalue weighted by Crippen LogP contribution is 2.23. The van der Waals surface area contributed by atoms with Gasteiger partial charge in [-0.3, -0.25) is 4.79 Å². The summed E-state index contributed by atoms with van der Waals surface area (Å²) in [7, 11) is 0. The van der Waals surface area contributed by atoms with Crippen LogP contribution in [0.1, 0.15) is 38.2 Å². The molecule has 3 nitrogen and oxygen atoms in total. The lowest BCUT2D eigenvalue weighted by Crippen LogP contribution is -2.47. The van der Waals surface area contributed by atoms with E-state index in [1.807, 2.05) is 30.3 Å². The first-order valence-electron chi connectivity index (χ1n) is 7.25. The molecule has 19 heavy (non-hydrogen) atoms. The van der Waals surface area contributed by atoms with Crippen molar-refractivity contribution in [2.24, 2.45) is 11.7 Å². The van der Waals surface area contributed by atoms with Gasteiger partial charge in [0.2, 0.25) is 5.91 Å². The molecule has 1 aliphatic rings. The Hall–Kier alpha value is -1.35. The van der Waals surface area contributed by atoms with Gasteiger partial charge in [-0.05, 0) is 43.6 Å². The van der Waals surface area contributed by atoms with Crippen molar-refractivity contribution in [3.8, 4) is 0 Å². The van der Waals surface area contributed by atoms with Crippen molar-refractivity contribution in [2.45, 2.75) is 51.1 Å². The maximum Gasteiger partial charge on any atom is 0.237 e. The number of amides is 1. The summed E-state index contributed by atoms with van der Waals surface area (Å²) in [6.45, 7) is 2.28. The van der Waals surface area contributed by atoms with E-state index in [1.54, 1.807) is 0 Å². The van der Waals surface area contributed by atoms with Crippen LogP contribution < -0.4 is 11.1 Å². The van der Waals surface area contributed by atoms with Crippen LogP contribution in [0.3, 0.4) is 0 Å². The number of rotatable bonds is 4. The molecule has 0 heterocycles. The molecule has 1 aromatic rings. The number of hydrogen-bond acceptors (Lipinski definition) is 2. The summed E-state index contributed by atoms with van der Waals surface area (Å²) in [5.41, 5.74) is 7.10. The minimum atomic E-state index is -0.443. The minimum Gasteiger partial charge on any atom is -0.352 e. The van der Waals surface area contributed by atoms with Gasteiger partial charge < -0.3 is 11.1 Å². The van der Waals surface area contributed by atoms with E-state index in [0.29, 0.717) is 12.5 Å². The first kappa shape index (κ1) is 14.1. The Morgan fingerprint density at radius 2 is 1.89 bits per heavy atom. The highest BCUT2D eigenvalue weighted by Gasteiger charge is 2.22. The summed E-state index contributed by atoms with van der Waals surface area (Å²) in [6, 6.07) is 9.82. The Kier molecular flexibility index (Phi) is 4.97. The van der Waals surface area contributed by atoms with Crippen LogP contribution in [0.15, 0.2) is 30.3 Å². The van der Waals surface area contributed by atoms with Crippen molar-refractivity contribution < 1.29 is 4.79 Å². The smallest absolute Gasteiger partial charge is 0.237 e. The van der Waals surface area contributed by atoms with Crippen LogP contribution in [0.2, 0.25) is 0 Å². The molecule has 0 saturated heterocycles. The molecule has 0 radical (unpaired) electrons. The molecule has 0 unspecified atom stereocenters. The molecule has 0 spiro atoms. The number of nitrogens with two attached hydrogens (primary N) is 1. The third-order valence-electron chi connectivity index (χ3n) is 4.00. The van der Waals surface area contributed by atoms with E-state index >= 15 is 0 Å². The normalized spacial score (nSPS) is 24.7. The van der Waals surface area contributed by atoms with Gasteiger partial charge in [-0.25, -0.2) is 0 Å². The standard InChI is InChI=1S/C16H24N2O/c1-12-7-9-14(10-8-12)18-16(19)15(17)11-13-5-3-2-4-6-13/h2-6,12,14-15H,7-11,17H2,1H3,(H,18,19)/t12?,14?,15-/m0/s1. The SMILES string of the molecule is CC1CCC(NC(=O)[C@@H](N)Cc2ccccc2)CC1. The lowest BCUT2D eigenvalue weighted by Gasteiger charge is -2.27. The zero-order valence-electron chi connectivity index (χ0n) is 11.6. The molecule has 0 aliphatic heterocycles. The molecule has 0 aromatic heterocycles. The van der Waals surface area contributed by atoms with Crippen molar-refractivity contribution in [1.82, 2.24) is 5.32 Å². The average molecular weight is 260 g/mol. The number of carbonyl (C=O) groups is 1. The van der Waals surface area contributed by atoms with Crippen LogP contribution in [0.25, 0.3) is 0 Å². The lowest BCUT2D eigenvalue weighted by atomic mass is 9.87. The third-order valence-corrected chi connectivity index (χ3v) is 4.00. The molecular formula is C16H24N2O. The number of hydrogen-bond donors (Lipinski definition) is 2. The largest absolute Gasteiger partial charge is 0.352 e. The van der Waals surface area contributed by atoms with Gasteiger partial charge >= 0.3 is 0 Å². The van der Waals surface area contributed by atoms with Crippen LogP contribution >= 0.6 is 0 Å². The van der Waals surface area contributed by atoms with E-state index < -0.39 is 6.04 Å². The zero-order chi connectivity index (χ0) is 13.7. The highest BCUT2D eigenvalue weighted by atomic mass is 16.2. The van der Waals surface area contributed by atoms with Gasteiger partial charge in [0.25, 0.3) is 0 Å². The number of benzene rings is 1. The van der Waals surface area contributed by atoms with Gasteiger partial charge in [0, 0.05) is 6.04 Å². The van der Waals surface area contributed by atoms with Gasteiger partial charge in [0.1, 0.15) is 0 Å². The minimum absolute atomic E-state index is 0.0107. The van der Waals surface area contributed by atoms with Crippen molar-refractivity contribution in [3.63, 3.8) is 0 Å². The fourth-order valence-corrected chi connectivity index (χ4v) is 2.67. The molecule has 1 fully saturated rings. The van der Waals surface area contributed by atoms with Crippen LogP contribution in [-0.4, -0.2) is 18.0 Å². The molecule has 1 atom stereocenters. The first-order chi connectivity index (χ1) is 9.15. The second-order valence-electron chi connectivity index (χ2n) is 5.76. The van der Waals surface area contributed by atoms with Gasteiger partial charge in [0.15, 0.2) is 0 Å². The second kappa shape index (κ2) is 6.71. The quantitative estimate of drug-likeness (QED) is 0.872. The summed E-state index contributed by atoms with van der Waals surface area (Å²) in [4.78, 5) is 12.1. The fraction of sp³-hybridized carbons (Fsp3) is 0.562. The summed E-state index contributed by atoms with van der Waals surface area (Å²) in [5.74, 6) is 0.787. The van der Waals surface area contributed by atoms with Crippen LogP contribution in [0.5, 0.6) is 0 Å². The van der Waals surface area contributed by atoms with Gasteiger partial charge in [-0.15, -0.1) is 0 Å². The molecule has 1 saturated carbocycles. The van der Waals surface area contributed by atoms with Gasteiger partial charge in [0.05, 0.1) is 6.04 Å². The molecule has 2 rings (SSSR count). The molecule has 0 bridgehead atoms. The maximum atomic E-state index is 12.1. The first-order valence-corrected chi connectivity index (χ1v) is 7.25. The monoisotopic (exact) mass is 260 g/mol. The summed E-state index contributed by atoms with van der Waals surface area (Å²) in [6.07, 6.45) is 5.20. The van der Waals surface area contributed by atoms with Crippen molar-refractivity contribution >= 4 is 5.91 Å². The Morgan fingerprint density at radius 1 is 1.26 bits per heavy atom. The van der Waals surface area contributed by atoms with E-state index in [0.717, 1.165) is 24.3 Å². The van der Waals surface area contributed by atoms with E-state index in [9.17, 15) is 4.79 Å². The predicted molar refractivity (Wildman–Crippen MR) is 77.7 cm³/mol. The van der Waals surface area contributed by atoms with Crippen molar-refractivity contribution in [3.05, 3.63) is 35.9 Å². The lowest BCUT2D eigenvalue weighted by molar-refractivity contribution is -0.123. The number of nitrogens with one attached hydrogen (secondary N) is 1. The van der Waals surface area contributed by atoms with Gasteiger partial charge in [-0.1, -0.05) is 37.3 Å². The molecular weight excluding hydrogens is 236 g/mol. The summed E-state index contributed by atoms with van der Waals surface area (Å²) in [5, 5.41) is 3.10. The van der Waals surface area contributed by atoms with E-state index in [4.69, 9.17) is 5.73 Å². The molecule has 1 amide bonds. The van der Waals surface area contributed by atoms with Gasteiger partial charge in [-0.2, -0.15) is 0 Å². The van der Waals surface area contributed by atoms with Crippen LogP contribution in [-0.2, 0) is 11.2 Å². The Balaban J connectivity index is 1.79. The van der Waals surface area contributed by atoms with Crippen LogP contribution in [0.4, 0.5) is 0 Å². The summed E-state index contributed by atoms with van der Waals surface area (Å²) < 4.78 is 0. The Morgan fingerprint density at radius 3 is 2.53 bits per heavy atom. The third kappa shape index (κ3) is 4.35. The fourth-order valence-electron chi connectivity index (χ4n) is 2.67. The topological polar surface area (TPSA) is 55.1 Å². The maximum absolute atomic E-state index is 12.1. The number of carbonyl (C=O) groups excluding carboxylic acids is 1. The zero-order valence-corrected chi connectivity index (χ0v) is 11.6. The highest BCUT2D eigenvalue weighted by molar-refractivity contribution is 5.82. The molecule has 1 aromatic carbocycles. The molecule has 3 N–H and O–H groups in total. The Labute approximate surface area is 115 Å².